The van der Waals surface area contributed by atoms with E-state index in [4.69, 9.17) is 4.74 Å². The maximum Gasteiger partial charge on any atom is 0.271 e. The van der Waals surface area contributed by atoms with Crippen LogP contribution < -0.4 is 10.6 Å². The molecule has 1 unspecified atom stereocenters. The highest BCUT2D eigenvalue weighted by Gasteiger charge is 2.13. The number of carbonyl (C=O) groups is 1. The normalized spacial score (nSPS) is 11.9. The fourth-order valence-corrected chi connectivity index (χ4v) is 1.46. The fourth-order valence-electron chi connectivity index (χ4n) is 1.46. The Morgan fingerprint density at radius 2 is 2.22 bits per heavy atom. The number of hydrogen-bond donors (Lipinski definition) is 2. The van der Waals surface area contributed by atoms with E-state index < -0.39 is 0 Å². The minimum Gasteiger partial charge on any atom is -0.383 e. The quantitative estimate of drug-likeness (QED) is 0.759. The third-order valence-corrected chi connectivity index (χ3v) is 2.42. The molecule has 0 bridgehead atoms. The third-order valence-electron chi connectivity index (χ3n) is 2.42. The second-order valence-corrected chi connectivity index (χ2v) is 3.85. The minimum absolute atomic E-state index is 0.00732. The SMILES string of the molecule is CCNc1cncc(C(=O)NC(CC)COC)n1. The largest absolute Gasteiger partial charge is 0.383 e. The van der Waals surface area contributed by atoms with Crippen LogP contribution in [0.4, 0.5) is 5.82 Å². The number of carbonyl (C=O) groups excluding carboxylic acids is 1. The number of aromatic nitrogens is 2. The average molecular weight is 252 g/mol. The predicted octanol–water partition coefficient (Wildman–Crippen LogP) is 1.06. The van der Waals surface area contributed by atoms with Crippen LogP contribution in [0.2, 0.25) is 0 Å². The lowest BCUT2D eigenvalue weighted by Crippen LogP contribution is -2.38. The third kappa shape index (κ3) is 4.29. The Kier molecular flexibility index (Phi) is 6.07. The minimum atomic E-state index is -0.230. The first-order valence-corrected chi connectivity index (χ1v) is 6.06. The van der Waals surface area contributed by atoms with Crippen molar-refractivity contribution in [1.29, 1.82) is 0 Å². The average Bonchev–Trinajstić information content (AvgIpc) is 2.39. The lowest BCUT2D eigenvalue weighted by molar-refractivity contribution is 0.0889. The van der Waals surface area contributed by atoms with Crippen LogP contribution >= 0.6 is 0 Å². The number of nitrogens with zero attached hydrogens (tertiary/aromatic N) is 2. The molecule has 1 rings (SSSR count). The van der Waals surface area contributed by atoms with Crippen molar-refractivity contribution < 1.29 is 9.53 Å². The Bertz CT molecular complexity index is 384. The topological polar surface area (TPSA) is 76.1 Å². The molecule has 18 heavy (non-hydrogen) atoms. The summed E-state index contributed by atoms with van der Waals surface area (Å²) in [6.45, 7) is 5.18. The molecule has 100 valence electrons. The zero-order chi connectivity index (χ0) is 13.4. The van der Waals surface area contributed by atoms with Gasteiger partial charge in [0.2, 0.25) is 0 Å². The van der Waals surface area contributed by atoms with Gasteiger partial charge < -0.3 is 15.4 Å². The molecule has 0 aromatic carbocycles. The predicted molar refractivity (Wildman–Crippen MR) is 69.6 cm³/mol. The van der Waals surface area contributed by atoms with Crippen LogP contribution in [-0.2, 0) is 4.74 Å². The lowest BCUT2D eigenvalue weighted by atomic mass is 10.2. The summed E-state index contributed by atoms with van der Waals surface area (Å²) in [4.78, 5) is 20.1. The number of hydrogen-bond acceptors (Lipinski definition) is 5. The summed E-state index contributed by atoms with van der Waals surface area (Å²) >= 11 is 0. The Labute approximate surface area is 107 Å². The van der Waals surface area contributed by atoms with Crippen molar-refractivity contribution in [2.24, 2.45) is 0 Å². The zero-order valence-corrected chi connectivity index (χ0v) is 11.1. The van der Waals surface area contributed by atoms with Gasteiger partial charge in [-0.15, -0.1) is 0 Å². The molecule has 0 aliphatic carbocycles. The summed E-state index contributed by atoms with van der Waals surface area (Å²) in [7, 11) is 1.61. The van der Waals surface area contributed by atoms with E-state index in [9.17, 15) is 4.79 Å². The maximum atomic E-state index is 11.9. The monoisotopic (exact) mass is 252 g/mol. The summed E-state index contributed by atoms with van der Waals surface area (Å²) in [5.74, 6) is 0.371. The van der Waals surface area contributed by atoms with Crippen molar-refractivity contribution in [2.75, 3.05) is 25.6 Å². The van der Waals surface area contributed by atoms with Crippen LogP contribution in [0.3, 0.4) is 0 Å². The molecule has 0 aliphatic heterocycles. The standard InChI is InChI=1S/C12H20N4O2/c1-4-9(8-18-3)15-12(17)10-6-13-7-11(16-10)14-5-2/h6-7,9H,4-5,8H2,1-3H3,(H,14,16)(H,15,17). The van der Waals surface area contributed by atoms with Crippen molar-refractivity contribution in [3.8, 4) is 0 Å². The summed E-state index contributed by atoms with van der Waals surface area (Å²) in [5, 5.41) is 5.88. The smallest absolute Gasteiger partial charge is 0.271 e. The van der Waals surface area contributed by atoms with Gasteiger partial charge in [-0.1, -0.05) is 6.92 Å². The van der Waals surface area contributed by atoms with E-state index in [1.807, 2.05) is 13.8 Å². The van der Waals surface area contributed by atoms with Gasteiger partial charge in [-0.3, -0.25) is 9.78 Å². The summed E-state index contributed by atoms with van der Waals surface area (Å²) < 4.78 is 5.03. The van der Waals surface area contributed by atoms with Gasteiger partial charge >= 0.3 is 0 Å². The molecule has 6 heteroatoms. The van der Waals surface area contributed by atoms with Gasteiger partial charge in [0.05, 0.1) is 25.0 Å². The van der Waals surface area contributed by atoms with Crippen molar-refractivity contribution in [2.45, 2.75) is 26.3 Å². The van der Waals surface area contributed by atoms with Gasteiger partial charge in [0, 0.05) is 13.7 Å². The van der Waals surface area contributed by atoms with E-state index in [2.05, 4.69) is 20.6 Å². The highest BCUT2D eigenvalue weighted by molar-refractivity contribution is 5.92. The van der Waals surface area contributed by atoms with Crippen molar-refractivity contribution in [1.82, 2.24) is 15.3 Å². The number of amides is 1. The lowest BCUT2D eigenvalue weighted by Gasteiger charge is -2.15. The maximum absolute atomic E-state index is 11.9. The first-order chi connectivity index (χ1) is 8.71. The van der Waals surface area contributed by atoms with Gasteiger partial charge in [0.1, 0.15) is 11.5 Å². The molecule has 0 aliphatic rings. The molecule has 0 saturated heterocycles. The van der Waals surface area contributed by atoms with Crippen LogP contribution in [0.15, 0.2) is 12.4 Å². The second-order valence-electron chi connectivity index (χ2n) is 3.85. The molecule has 1 aromatic rings. The fraction of sp³-hybridized carbons (Fsp3) is 0.583. The van der Waals surface area contributed by atoms with E-state index >= 15 is 0 Å². The molecule has 0 fully saturated rings. The molecule has 1 heterocycles. The summed E-state index contributed by atoms with van der Waals surface area (Å²) in [6, 6.07) is -0.00732. The molecule has 0 spiro atoms. The zero-order valence-electron chi connectivity index (χ0n) is 11.1. The van der Waals surface area contributed by atoms with Crippen molar-refractivity contribution in [3.05, 3.63) is 18.1 Å². The van der Waals surface area contributed by atoms with Crippen LogP contribution in [0.25, 0.3) is 0 Å². The van der Waals surface area contributed by atoms with Gasteiger partial charge in [-0.25, -0.2) is 4.98 Å². The molecular weight excluding hydrogens is 232 g/mol. The first kappa shape index (κ1) is 14.4. The number of rotatable bonds is 7. The van der Waals surface area contributed by atoms with Crippen LogP contribution in [0, 0.1) is 0 Å². The molecule has 1 aromatic heterocycles. The highest BCUT2D eigenvalue weighted by atomic mass is 16.5. The van der Waals surface area contributed by atoms with E-state index in [0.29, 0.717) is 18.1 Å². The number of anilines is 1. The first-order valence-electron chi connectivity index (χ1n) is 6.06. The van der Waals surface area contributed by atoms with E-state index in [1.165, 1.54) is 6.20 Å². The van der Waals surface area contributed by atoms with Gasteiger partial charge in [0.25, 0.3) is 5.91 Å². The number of ether oxygens (including phenoxy) is 1. The molecule has 0 saturated carbocycles. The van der Waals surface area contributed by atoms with Crippen LogP contribution in [-0.4, -0.2) is 42.2 Å². The van der Waals surface area contributed by atoms with Crippen molar-refractivity contribution in [3.63, 3.8) is 0 Å². The Balaban J connectivity index is 2.68. The molecule has 1 atom stereocenters. The highest BCUT2D eigenvalue weighted by Crippen LogP contribution is 2.02. The molecule has 6 nitrogen and oxygen atoms in total. The Hall–Kier alpha value is -1.69. The molecule has 2 N–H and O–H groups in total. The van der Waals surface area contributed by atoms with E-state index in [1.54, 1.807) is 13.3 Å². The summed E-state index contributed by atoms with van der Waals surface area (Å²) in [5.41, 5.74) is 0.308. The van der Waals surface area contributed by atoms with Crippen LogP contribution in [0.1, 0.15) is 30.8 Å². The molecule has 0 radical (unpaired) electrons. The van der Waals surface area contributed by atoms with E-state index in [-0.39, 0.29) is 11.9 Å². The van der Waals surface area contributed by atoms with E-state index in [0.717, 1.165) is 13.0 Å². The Morgan fingerprint density at radius 3 is 2.83 bits per heavy atom. The number of nitrogens with one attached hydrogen (secondary N) is 2. The van der Waals surface area contributed by atoms with Gasteiger partial charge in [-0.2, -0.15) is 0 Å². The number of methoxy groups -OCH3 is 1. The molecular formula is C12H20N4O2. The summed E-state index contributed by atoms with van der Waals surface area (Å²) in [6.07, 6.45) is 3.85. The van der Waals surface area contributed by atoms with Gasteiger partial charge in [-0.05, 0) is 13.3 Å². The Morgan fingerprint density at radius 1 is 1.44 bits per heavy atom. The molecule has 1 amide bonds. The second kappa shape index (κ2) is 7.60. The van der Waals surface area contributed by atoms with Crippen LogP contribution in [0.5, 0.6) is 0 Å². The van der Waals surface area contributed by atoms with Crippen molar-refractivity contribution >= 4 is 11.7 Å². The van der Waals surface area contributed by atoms with Gasteiger partial charge in [0.15, 0.2) is 0 Å².